The van der Waals surface area contributed by atoms with E-state index < -0.39 is 0 Å². The number of methoxy groups -OCH3 is 1. The molecule has 0 bridgehead atoms. The molecule has 0 fully saturated rings. The van der Waals surface area contributed by atoms with E-state index in [0.717, 1.165) is 45.6 Å². The van der Waals surface area contributed by atoms with E-state index in [1.54, 1.807) is 7.11 Å². The first-order valence-electron chi connectivity index (χ1n) is 4.87. The number of ether oxygens (including phenoxy) is 1. The molecule has 4 heteroatoms. The molecule has 0 aliphatic carbocycles. The number of unbranched alkanes of at least 4 members (excludes halogenated alkanes) is 1. The number of hydrogen-bond acceptors (Lipinski definition) is 4. The lowest BCUT2D eigenvalue weighted by Gasteiger charge is -2.20. The first-order valence-corrected chi connectivity index (χ1v) is 4.87. The van der Waals surface area contributed by atoms with Crippen LogP contribution in [0.5, 0.6) is 0 Å². The summed E-state index contributed by atoms with van der Waals surface area (Å²) in [5.74, 6) is 0. The Bertz CT molecular complexity index is 102. The van der Waals surface area contributed by atoms with Crippen LogP contribution >= 0.6 is 0 Å². The Kier molecular flexibility index (Phi) is 9.80. The van der Waals surface area contributed by atoms with E-state index in [4.69, 9.17) is 15.6 Å². The summed E-state index contributed by atoms with van der Waals surface area (Å²) in [5, 5.41) is 8.79. The fourth-order valence-corrected chi connectivity index (χ4v) is 1.18. The van der Waals surface area contributed by atoms with E-state index in [2.05, 4.69) is 4.90 Å². The zero-order chi connectivity index (χ0) is 9.94. The van der Waals surface area contributed by atoms with Crippen LogP contribution in [0.4, 0.5) is 0 Å². The van der Waals surface area contributed by atoms with Gasteiger partial charge in [0.25, 0.3) is 0 Å². The van der Waals surface area contributed by atoms with Crippen molar-refractivity contribution in [1.29, 1.82) is 0 Å². The molecule has 0 atom stereocenters. The number of nitrogens with zero attached hydrogens (tertiary/aromatic N) is 1. The van der Waals surface area contributed by atoms with Crippen LogP contribution in [0.25, 0.3) is 0 Å². The maximum absolute atomic E-state index is 8.79. The Balaban J connectivity index is 3.41. The smallest absolute Gasteiger partial charge is 0.0589 e. The van der Waals surface area contributed by atoms with Gasteiger partial charge >= 0.3 is 0 Å². The molecule has 0 unspecified atom stereocenters. The van der Waals surface area contributed by atoms with E-state index in [0.29, 0.717) is 0 Å². The minimum atomic E-state index is 0.215. The summed E-state index contributed by atoms with van der Waals surface area (Å²) in [4.78, 5) is 2.19. The average molecular weight is 190 g/mol. The van der Waals surface area contributed by atoms with Crippen molar-refractivity contribution in [3.8, 4) is 0 Å². The molecule has 0 amide bonds. The van der Waals surface area contributed by atoms with Crippen LogP contribution in [0.2, 0.25) is 0 Å². The number of aliphatic hydroxyl groups is 1. The minimum Gasteiger partial charge on any atom is -0.395 e. The van der Waals surface area contributed by atoms with Crippen LogP contribution in [-0.4, -0.2) is 56.5 Å². The summed E-state index contributed by atoms with van der Waals surface area (Å²) in [7, 11) is 1.69. The Morgan fingerprint density at radius 1 is 1.23 bits per heavy atom. The largest absolute Gasteiger partial charge is 0.395 e. The van der Waals surface area contributed by atoms with Gasteiger partial charge in [0.2, 0.25) is 0 Å². The lowest BCUT2D eigenvalue weighted by molar-refractivity contribution is 0.130. The van der Waals surface area contributed by atoms with Gasteiger partial charge < -0.3 is 15.6 Å². The maximum Gasteiger partial charge on any atom is 0.0589 e. The highest BCUT2D eigenvalue weighted by Gasteiger charge is 2.02. The molecular formula is C9H22N2O2. The summed E-state index contributed by atoms with van der Waals surface area (Å²) >= 11 is 0. The Morgan fingerprint density at radius 3 is 2.54 bits per heavy atom. The van der Waals surface area contributed by atoms with Crippen LogP contribution < -0.4 is 5.73 Å². The third-order valence-corrected chi connectivity index (χ3v) is 1.96. The summed E-state index contributed by atoms with van der Waals surface area (Å²) < 4.78 is 4.98. The molecule has 0 saturated heterocycles. The van der Waals surface area contributed by atoms with Crippen molar-refractivity contribution in [2.75, 3.05) is 46.5 Å². The lowest BCUT2D eigenvalue weighted by Crippen LogP contribution is -2.31. The first kappa shape index (κ1) is 12.8. The number of hydrogen-bond donors (Lipinski definition) is 2. The minimum absolute atomic E-state index is 0.215. The highest BCUT2D eigenvalue weighted by atomic mass is 16.5. The second-order valence-corrected chi connectivity index (χ2v) is 3.05. The molecule has 0 heterocycles. The molecular weight excluding hydrogens is 168 g/mol. The van der Waals surface area contributed by atoms with E-state index in [9.17, 15) is 0 Å². The van der Waals surface area contributed by atoms with Crippen molar-refractivity contribution < 1.29 is 9.84 Å². The highest BCUT2D eigenvalue weighted by molar-refractivity contribution is 4.57. The summed E-state index contributed by atoms with van der Waals surface area (Å²) in [5.41, 5.74) is 5.40. The van der Waals surface area contributed by atoms with Gasteiger partial charge in [0.1, 0.15) is 0 Å². The van der Waals surface area contributed by atoms with E-state index in [1.807, 2.05) is 0 Å². The van der Waals surface area contributed by atoms with Gasteiger partial charge in [0.15, 0.2) is 0 Å². The predicted molar refractivity (Wildman–Crippen MR) is 53.7 cm³/mol. The molecule has 0 aliphatic heterocycles. The molecule has 0 radical (unpaired) electrons. The van der Waals surface area contributed by atoms with Crippen LogP contribution in [-0.2, 0) is 4.74 Å². The third kappa shape index (κ3) is 8.18. The molecule has 0 spiro atoms. The van der Waals surface area contributed by atoms with E-state index in [1.165, 1.54) is 0 Å². The monoisotopic (exact) mass is 190 g/mol. The molecule has 0 rings (SSSR count). The van der Waals surface area contributed by atoms with E-state index >= 15 is 0 Å². The Labute approximate surface area is 80.7 Å². The maximum atomic E-state index is 8.79. The normalized spacial score (nSPS) is 11.1. The second-order valence-electron chi connectivity index (χ2n) is 3.05. The molecule has 80 valence electrons. The van der Waals surface area contributed by atoms with Gasteiger partial charge in [0, 0.05) is 20.2 Å². The van der Waals surface area contributed by atoms with Crippen molar-refractivity contribution in [2.24, 2.45) is 5.73 Å². The number of nitrogens with two attached hydrogens (primary N) is 1. The summed E-state index contributed by atoms with van der Waals surface area (Å²) in [6, 6.07) is 0. The van der Waals surface area contributed by atoms with Gasteiger partial charge in [-0.05, 0) is 25.9 Å². The Hall–Kier alpha value is -0.160. The fourth-order valence-electron chi connectivity index (χ4n) is 1.18. The molecule has 0 aliphatic rings. The van der Waals surface area contributed by atoms with Crippen molar-refractivity contribution in [1.82, 2.24) is 4.90 Å². The molecule has 0 aromatic carbocycles. The topological polar surface area (TPSA) is 58.7 Å². The third-order valence-electron chi connectivity index (χ3n) is 1.96. The highest BCUT2D eigenvalue weighted by Crippen LogP contribution is 1.94. The fraction of sp³-hybridized carbons (Fsp3) is 1.00. The van der Waals surface area contributed by atoms with Crippen LogP contribution in [0.3, 0.4) is 0 Å². The number of rotatable bonds is 9. The summed E-state index contributed by atoms with van der Waals surface area (Å²) in [6.07, 6.45) is 2.15. The standard InChI is InChI=1S/C9H22N2O2/c1-13-9-7-11(6-8-12)5-3-2-4-10/h12H,2-10H2,1H3. The zero-order valence-electron chi connectivity index (χ0n) is 8.54. The molecule has 4 nitrogen and oxygen atoms in total. The molecule has 3 N–H and O–H groups in total. The average Bonchev–Trinajstić information content (AvgIpc) is 2.14. The van der Waals surface area contributed by atoms with Crippen molar-refractivity contribution in [3.05, 3.63) is 0 Å². The SMILES string of the molecule is COCCN(CCO)CCCCN. The lowest BCUT2D eigenvalue weighted by atomic mass is 10.3. The van der Waals surface area contributed by atoms with Crippen molar-refractivity contribution >= 4 is 0 Å². The predicted octanol–water partition coefficient (Wildman–Crippen LogP) is -0.334. The van der Waals surface area contributed by atoms with Gasteiger partial charge in [0.05, 0.1) is 13.2 Å². The van der Waals surface area contributed by atoms with Gasteiger partial charge in [-0.15, -0.1) is 0 Å². The Morgan fingerprint density at radius 2 is 2.00 bits per heavy atom. The summed E-state index contributed by atoms with van der Waals surface area (Å²) in [6.45, 7) is 4.31. The molecule has 0 saturated carbocycles. The second kappa shape index (κ2) is 9.92. The first-order chi connectivity index (χ1) is 6.35. The van der Waals surface area contributed by atoms with E-state index in [-0.39, 0.29) is 6.61 Å². The van der Waals surface area contributed by atoms with Gasteiger partial charge in [-0.25, -0.2) is 0 Å². The van der Waals surface area contributed by atoms with Gasteiger partial charge in [-0.1, -0.05) is 0 Å². The quantitative estimate of drug-likeness (QED) is 0.489. The van der Waals surface area contributed by atoms with Crippen molar-refractivity contribution in [2.45, 2.75) is 12.8 Å². The van der Waals surface area contributed by atoms with Gasteiger partial charge in [-0.2, -0.15) is 0 Å². The van der Waals surface area contributed by atoms with Gasteiger partial charge in [-0.3, -0.25) is 4.90 Å². The van der Waals surface area contributed by atoms with Crippen LogP contribution in [0.1, 0.15) is 12.8 Å². The molecule has 0 aromatic heterocycles. The van der Waals surface area contributed by atoms with Crippen LogP contribution in [0, 0.1) is 0 Å². The van der Waals surface area contributed by atoms with Crippen molar-refractivity contribution in [3.63, 3.8) is 0 Å². The van der Waals surface area contributed by atoms with Crippen LogP contribution in [0.15, 0.2) is 0 Å². The number of aliphatic hydroxyl groups excluding tert-OH is 1. The molecule has 13 heavy (non-hydrogen) atoms. The zero-order valence-corrected chi connectivity index (χ0v) is 8.54. The molecule has 0 aromatic rings.